The number of aromatic nitrogens is 3. The first-order valence-corrected chi connectivity index (χ1v) is 6.15. The second-order valence-electron chi connectivity index (χ2n) is 4.66. The minimum atomic E-state index is 0.373. The number of hydrogen-bond acceptors (Lipinski definition) is 2. The van der Waals surface area contributed by atoms with E-state index in [1.807, 2.05) is 30.5 Å². The van der Waals surface area contributed by atoms with Gasteiger partial charge in [0.2, 0.25) is 0 Å². The molecule has 0 amide bonds. The van der Waals surface area contributed by atoms with Crippen LogP contribution in [0.4, 0.5) is 0 Å². The van der Waals surface area contributed by atoms with Crippen LogP contribution in [-0.4, -0.2) is 14.5 Å². The summed E-state index contributed by atoms with van der Waals surface area (Å²) < 4.78 is 2.19. The lowest BCUT2D eigenvalue weighted by molar-refractivity contribution is 0.758. The van der Waals surface area contributed by atoms with Gasteiger partial charge in [-0.1, -0.05) is 26.0 Å². The molecule has 0 N–H and O–H groups in total. The first-order valence-electron chi connectivity index (χ1n) is 6.15. The molecule has 0 saturated heterocycles. The van der Waals surface area contributed by atoms with Gasteiger partial charge in [-0.05, 0) is 24.3 Å². The number of imidazole rings is 1. The molecule has 0 aliphatic rings. The molecule has 3 heteroatoms. The molecule has 90 valence electrons. The summed E-state index contributed by atoms with van der Waals surface area (Å²) in [5.41, 5.74) is 3.23. The van der Waals surface area contributed by atoms with Crippen LogP contribution in [0.15, 0.2) is 48.8 Å². The molecular weight excluding hydrogens is 222 g/mol. The van der Waals surface area contributed by atoms with E-state index in [-0.39, 0.29) is 0 Å². The number of fused-ring (bicyclic) bond motifs is 1. The molecule has 2 heterocycles. The highest BCUT2D eigenvalue weighted by Gasteiger charge is 2.14. The van der Waals surface area contributed by atoms with Gasteiger partial charge in [-0.2, -0.15) is 0 Å². The summed E-state index contributed by atoms with van der Waals surface area (Å²) in [7, 11) is 0. The Labute approximate surface area is 106 Å². The van der Waals surface area contributed by atoms with Crippen LogP contribution in [0.25, 0.3) is 16.7 Å². The predicted octanol–water partition coefficient (Wildman–Crippen LogP) is 3.54. The van der Waals surface area contributed by atoms with Crippen LogP contribution in [0.3, 0.4) is 0 Å². The van der Waals surface area contributed by atoms with Gasteiger partial charge in [-0.25, -0.2) is 4.98 Å². The van der Waals surface area contributed by atoms with Crippen molar-refractivity contribution in [2.45, 2.75) is 19.8 Å². The average molecular weight is 237 g/mol. The fourth-order valence-electron chi connectivity index (χ4n) is 2.19. The van der Waals surface area contributed by atoms with E-state index in [1.54, 1.807) is 6.20 Å². The lowest BCUT2D eigenvalue weighted by Crippen LogP contribution is -2.03. The van der Waals surface area contributed by atoms with Crippen molar-refractivity contribution in [2.75, 3.05) is 0 Å². The van der Waals surface area contributed by atoms with E-state index in [4.69, 9.17) is 4.98 Å². The van der Waals surface area contributed by atoms with Gasteiger partial charge >= 0.3 is 0 Å². The third kappa shape index (κ3) is 1.68. The minimum absolute atomic E-state index is 0.373. The summed E-state index contributed by atoms with van der Waals surface area (Å²) in [6.07, 6.45) is 3.66. The number of rotatable bonds is 2. The molecule has 0 radical (unpaired) electrons. The van der Waals surface area contributed by atoms with Crippen molar-refractivity contribution in [1.29, 1.82) is 0 Å². The maximum absolute atomic E-state index is 4.72. The molecule has 3 nitrogen and oxygen atoms in total. The van der Waals surface area contributed by atoms with Crippen molar-refractivity contribution in [3.63, 3.8) is 0 Å². The number of para-hydroxylation sites is 2. The SMILES string of the molecule is CC(C)c1nc2ccccc2n1-c1cccnc1. The fourth-order valence-corrected chi connectivity index (χ4v) is 2.19. The minimum Gasteiger partial charge on any atom is -0.295 e. The zero-order valence-corrected chi connectivity index (χ0v) is 10.5. The van der Waals surface area contributed by atoms with E-state index in [0.717, 1.165) is 22.5 Å². The molecule has 18 heavy (non-hydrogen) atoms. The van der Waals surface area contributed by atoms with E-state index in [2.05, 4.69) is 35.5 Å². The van der Waals surface area contributed by atoms with Gasteiger partial charge in [0.05, 0.1) is 22.9 Å². The second-order valence-corrected chi connectivity index (χ2v) is 4.66. The highest BCUT2D eigenvalue weighted by molar-refractivity contribution is 5.78. The van der Waals surface area contributed by atoms with Crippen LogP contribution in [0.1, 0.15) is 25.6 Å². The molecule has 2 aromatic heterocycles. The zero-order valence-electron chi connectivity index (χ0n) is 10.5. The highest BCUT2D eigenvalue weighted by Crippen LogP contribution is 2.25. The molecule has 0 atom stereocenters. The van der Waals surface area contributed by atoms with Gasteiger partial charge < -0.3 is 0 Å². The van der Waals surface area contributed by atoms with Crippen LogP contribution in [-0.2, 0) is 0 Å². The Hall–Kier alpha value is -2.16. The zero-order chi connectivity index (χ0) is 12.5. The van der Waals surface area contributed by atoms with Crippen LogP contribution >= 0.6 is 0 Å². The maximum atomic E-state index is 4.72. The molecule has 0 fully saturated rings. The van der Waals surface area contributed by atoms with Crippen molar-refractivity contribution >= 4 is 11.0 Å². The third-order valence-corrected chi connectivity index (χ3v) is 3.01. The van der Waals surface area contributed by atoms with Crippen molar-refractivity contribution < 1.29 is 0 Å². The largest absolute Gasteiger partial charge is 0.295 e. The Bertz CT molecular complexity index is 669. The van der Waals surface area contributed by atoms with Gasteiger partial charge in [-0.15, -0.1) is 0 Å². The van der Waals surface area contributed by atoms with Crippen LogP contribution in [0.5, 0.6) is 0 Å². The van der Waals surface area contributed by atoms with Crippen LogP contribution in [0.2, 0.25) is 0 Å². The molecule has 0 unspecified atom stereocenters. The van der Waals surface area contributed by atoms with Crippen molar-refractivity contribution in [3.8, 4) is 5.69 Å². The number of pyridine rings is 1. The van der Waals surface area contributed by atoms with E-state index < -0.39 is 0 Å². The molecule has 3 aromatic rings. The summed E-state index contributed by atoms with van der Waals surface area (Å²) in [6, 6.07) is 12.2. The van der Waals surface area contributed by atoms with Crippen LogP contribution in [0, 0.1) is 0 Å². The van der Waals surface area contributed by atoms with Crippen LogP contribution < -0.4 is 0 Å². The summed E-state index contributed by atoms with van der Waals surface area (Å²) in [5, 5.41) is 0. The number of hydrogen-bond donors (Lipinski definition) is 0. The topological polar surface area (TPSA) is 30.7 Å². The molecule has 0 aliphatic heterocycles. The summed E-state index contributed by atoms with van der Waals surface area (Å²) >= 11 is 0. The van der Waals surface area contributed by atoms with E-state index in [1.165, 1.54) is 0 Å². The number of benzene rings is 1. The average Bonchev–Trinajstić information content (AvgIpc) is 2.79. The molecule has 0 spiro atoms. The van der Waals surface area contributed by atoms with Crippen molar-refractivity contribution in [2.24, 2.45) is 0 Å². The van der Waals surface area contributed by atoms with Gasteiger partial charge in [0.15, 0.2) is 0 Å². The Morgan fingerprint density at radius 3 is 2.61 bits per heavy atom. The molecular formula is C15H15N3. The monoisotopic (exact) mass is 237 g/mol. The summed E-state index contributed by atoms with van der Waals surface area (Å²) in [4.78, 5) is 8.92. The summed E-state index contributed by atoms with van der Waals surface area (Å²) in [6.45, 7) is 4.32. The molecule has 0 bridgehead atoms. The summed E-state index contributed by atoms with van der Waals surface area (Å²) in [5.74, 6) is 1.45. The number of nitrogens with zero attached hydrogens (tertiary/aromatic N) is 3. The van der Waals surface area contributed by atoms with Crippen molar-refractivity contribution in [3.05, 3.63) is 54.6 Å². The standard InChI is InChI=1S/C15H15N3/c1-11(2)15-17-13-7-3-4-8-14(13)18(15)12-6-5-9-16-10-12/h3-11H,1-2H3. The quantitative estimate of drug-likeness (QED) is 0.682. The predicted molar refractivity (Wildman–Crippen MR) is 73.0 cm³/mol. The van der Waals surface area contributed by atoms with E-state index >= 15 is 0 Å². The lowest BCUT2D eigenvalue weighted by Gasteiger charge is -2.10. The molecule has 0 aliphatic carbocycles. The molecule has 3 rings (SSSR count). The lowest BCUT2D eigenvalue weighted by atomic mass is 10.2. The second kappa shape index (κ2) is 4.26. The molecule has 0 saturated carbocycles. The Morgan fingerprint density at radius 2 is 1.89 bits per heavy atom. The Morgan fingerprint density at radius 1 is 1.06 bits per heavy atom. The van der Waals surface area contributed by atoms with Gasteiger partial charge in [0.1, 0.15) is 5.82 Å². The van der Waals surface area contributed by atoms with Gasteiger partial charge in [0.25, 0.3) is 0 Å². The van der Waals surface area contributed by atoms with Gasteiger partial charge in [0, 0.05) is 12.1 Å². The van der Waals surface area contributed by atoms with E-state index in [9.17, 15) is 0 Å². The highest BCUT2D eigenvalue weighted by atomic mass is 15.1. The third-order valence-electron chi connectivity index (χ3n) is 3.01. The maximum Gasteiger partial charge on any atom is 0.117 e. The Balaban J connectivity index is 2.35. The fraction of sp³-hybridized carbons (Fsp3) is 0.200. The first-order chi connectivity index (χ1) is 8.77. The van der Waals surface area contributed by atoms with E-state index in [0.29, 0.717) is 5.92 Å². The first kappa shape index (κ1) is 11.0. The normalized spacial score (nSPS) is 11.3. The smallest absolute Gasteiger partial charge is 0.117 e. The molecule has 1 aromatic carbocycles. The Kier molecular flexibility index (Phi) is 2.59. The van der Waals surface area contributed by atoms with Gasteiger partial charge in [-0.3, -0.25) is 9.55 Å². The van der Waals surface area contributed by atoms with Crippen molar-refractivity contribution in [1.82, 2.24) is 14.5 Å².